The molecule has 0 unspecified atom stereocenters. The van der Waals surface area contributed by atoms with E-state index in [1.165, 1.54) is 0 Å². The average molecular weight is 326 g/mol. The van der Waals surface area contributed by atoms with Gasteiger partial charge in [0.1, 0.15) is 19.0 Å². The molecule has 0 saturated heterocycles. The predicted octanol–water partition coefficient (Wildman–Crippen LogP) is 4.00. The van der Waals surface area contributed by atoms with Crippen LogP contribution in [-0.4, -0.2) is 13.3 Å². The molecule has 1 rings (SSSR count). The van der Waals surface area contributed by atoms with Crippen molar-refractivity contribution in [2.24, 2.45) is 0 Å². The van der Waals surface area contributed by atoms with Gasteiger partial charge in [-0.1, -0.05) is 31.9 Å². The maximum Gasteiger partial charge on any atom is 0.126 e. The molecule has 0 heterocycles. The number of alkyl halides is 2. The van der Waals surface area contributed by atoms with Gasteiger partial charge in [0.2, 0.25) is 0 Å². The number of hydrogen-bond acceptors (Lipinski definition) is 1. The maximum atomic E-state index is 12.0. The summed E-state index contributed by atoms with van der Waals surface area (Å²) in [7, 11) is 0. The third kappa shape index (κ3) is 2.95. The second-order valence-electron chi connectivity index (χ2n) is 2.88. The van der Waals surface area contributed by atoms with E-state index in [2.05, 4.69) is 31.9 Å². The highest BCUT2D eigenvalue weighted by molar-refractivity contribution is 9.10. The minimum atomic E-state index is -0.461. The van der Waals surface area contributed by atoms with E-state index in [4.69, 9.17) is 4.74 Å². The molecule has 14 heavy (non-hydrogen) atoms. The standard InChI is InChI=1S/C10H11Br2FO/c1-7-4-9(12)5-8(6-11)10(7)14-3-2-13/h4-5H,2-3,6H2,1H3. The molecule has 0 atom stereocenters. The van der Waals surface area contributed by atoms with Crippen LogP contribution >= 0.6 is 31.9 Å². The van der Waals surface area contributed by atoms with Crippen LogP contribution in [0.5, 0.6) is 5.75 Å². The zero-order valence-corrected chi connectivity index (χ0v) is 11.0. The lowest BCUT2D eigenvalue weighted by Gasteiger charge is -2.12. The maximum absolute atomic E-state index is 12.0. The first kappa shape index (κ1) is 12.0. The predicted molar refractivity (Wildman–Crippen MR) is 63.0 cm³/mol. The molecule has 0 spiro atoms. The van der Waals surface area contributed by atoms with Crippen LogP contribution in [0.3, 0.4) is 0 Å². The van der Waals surface area contributed by atoms with Gasteiger partial charge in [-0.05, 0) is 24.6 Å². The van der Waals surface area contributed by atoms with E-state index in [1.54, 1.807) is 0 Å². The quantitative estimate of drug-likeness (QED) is 0.760. The molecule has 0 fully saturated rings. The summed E-state index contributed by atoms with van der Waals surface area (Å²) < 4.78 is 18.3. The Bertz CT molecular complexity index is 315. The van der Waals surface area contributed by atoms with Crippen molar-refractivity contribution in [3.63, 3.8) is 0 Å². The van der Waals surface area contributed by atoms with Gasteiger partial charge in [-0.15, -0.1) is 0 Å². The first-order chi connectivity index (χ1) is 6.69. The fourth-order valence-electron chi connectivity index (χ4n) is 1.25. The minimum absolute atomic E-state index is 0.114. The Labute approximate surface area is 99.9 Å². The molecule has 0 saturated carbocycles. The van der Waals surface area contributed by atoms with Crippen LogP contribution in [0.2, 0.25) is 0 Å². The van der Waals surface area contributed by atoms with Crippen LogP contribution in [0.4, 0.5) is 4.39 Å². The van der Waals surface area contributed by atoms with Gasteiger partial charge in [-0.25, -0.2) is 4.39 Å². The Balaban J connectivity index is 2.99. The van der Waals surface area contributed by atoms with Crippen LogP contribution in [-0.2, 0) is 5.33 Å². The van der Waals surface area contributed by atoms with Crippen molar-refractivity contribution in [1.82, 2.24) is 0 Å². The smallest absolute Gasteiger partial charge is 0.126 e. The van der Waals surface area contributed by atoms with E-state index in [1.807, 2.05) is 19.1 Å². The SMILES string of the molecule is Cc1cc(Br)cc(CBr)c1OCCF. The Morgan fingerprint density at radius 1 is 1.43 bits per heavy atom. The summed E-state index contributed by atoms with van der Waals surface area (Å²) in [6, 6.07) is 3.93. The average Bonchev–Trinajstić information content (AvgIpc) is 2.15. The fourth-order valence-corrected chi connectivity index (χ4v) is 2.28. The number of ether oxygens (including phenoxy) is 1. The van der Waals surface area contributed by atoms with Crippen molar-refractivity contribution in [3.05, 3.63) is 27.7 Å². The molecule has 0 bridgehead atoms. The molecule has 1 aromatic rings. The third-order valence-corrected chi connectivity index (χ3v) is 2.85. The first-order valence-corrected chi connectivity index (χ1v) is 6.14. The minimum Gasteiger partial charge on any atom is -0.490 e. The zero-order chi connectivity index (χ0) is 10.6. The third-order valence-electron chi connectivity index (χ3n) is 1.78. The zero-order valence-electron chi connectivity index (χ0n) is 7.82. The molecule has 0 aromatic heterocycles. The van der Waals surface area contributed by atoms with Gasteiger partial charge >= 0.3 is 0 Å². The Hall–Kier alpha value is -0.0900. The molecule has 0 aliphatic carbocycles. The van der Waals surface area contributed by atoms with E-state index in [0.29, 0.717) is 5.33 Å². The van der Waals surface area contributed by atoms with E-state index in [9.17, 15) is 4.39 Å². The second kappa shape index (κ2) is 5.71. The molecule has 0 amide bonds. The van der Waals surface area contributed by atoms with Gasteiger partial charge in [0, 0.05) is 15.4 Å². The van der Waals surface area contributed by atoms with Crippen molar-refractivity contribution in [2.75, 3.05) is 13.3 Å². The number of halogens is 3. The molecule has 78 valence electrons. The monoisotopic (exact) mass is 324 g/mol. The number of benzene rings is 1. The fraction of sp³-hybridized carbons (Fsp3) is 0.400. The van der Waals surface area contributed by atoms with Crippen LogP contribution < -0.4 is 4.74 Å². The van der Waals surface area contributed by atoms with Crippen LogP contribution in [0.1, 0.15) is 11.1 Å². The van der Waals surface area contributed by atoms with Gasteiger partial charge in [0.05, 0.1) is 0 Å². The topological polar surface area (TPSA) is 9.23 Å². The van der Waals surface area contributed by atoms with Gasteiger partial charge in [-0.2, -0.15) is 0 Å². The largest absolute Gasteiger partial charge is 0.490 e. The molecule has 0 aliphatic rings. The normalized spacial score (nSPS) is 10.3. The van der Waals surface area contributed by atoms with Crippen molar-refractivity contribution in [2.45, 2.75) is 12.3 Å². The highest BCUT2D eigenvalue weighted by atomic mass is 79.9. The van der Waals surface area contributed by atoms with Crippen molar-refractivity contribution >= 4 is 31.9 Å². The summed E-state index contributed by atoms with van der Waals surface area (Å²) in [5.74, 6) is 0.780. The summed E-state index contributed by atoms with van der Waals surface area (Å²) >= 11 is 6.78. The summed E-state index contributed by atoms with van der Waals surface area (Å²) in [5, 5.41) is 0.703. The first-order valence-electron chi connectivity index (χ1n) is 4.22. The molecule has 1 nitrogen and oxygen atoms in total. The van der Waals surface area contributed by atoms with E-state index in [-0.39, 0.29) is 6.61 Å². The highest BCUT2D eigenvalue weighted by Gasteiger charge is 2.07. The summed E-state index contributed by atoms with van der Waals surface area (Å²) in [6.45, 7) is 1.60. The molecule has 1 aromatic carbocycles. The Morgan fingerprint density at radius 3 is 2.71 bits per heavy atom. The second-order valence-corrected chi connectivity index (χ2v) is 4.36. The Kier molecular flexibility index (Phi) is 4.89. The molecule has 0 N–H and O–H groups in total. The molecule has 4 heteroatoms. The molecule has 0 aliphatic heterocycles. The van der Waals surface area contributed by atoms with E-state index in [0.717, 1.165) is 21.3 Å². The van der Waals surface area contributed by atoms with Crippen LogP contribution in [0.25, 0.3) is 0 Å². The number of aryl methyl sites for hydroxylation is 1. The molecule has 0 radical (unpaired) electrons. The summed E-state index contributed by atoms with van der Waals surface area (Å²) in [5.41, 5.74) is 2.05. The summed E-state index contributed by atoms with van der Waals surface area (Å²) in [4.78, 5) is 0. The lowest BCUT2D eigenvalue weighted by Crippen LogP contribution is -2.02. The number of rotatable bonds is 4. The van der Waals surface area contributed by atoms with Crippen LogP contribution in [0.15, 0.2) is 16.6 Å². The Morgan fingerprint density at radius 2 is 2.14 bits per heavy atom. The lowest BCUT2D eigenvalue weighted by molar-refractivity contribution is 0.270. The molecular weight excluding hydrogens is 315 g/mol. The van der Waals surface area contributed by atoms with Crippen LogP contribution in [0, 0.1) is 6.92 Å². The van der Waals surface area contributed by atoms with Crippen molar-refractivity contribution < 1.29 is 9.13 Å². The van der Waals surface area contributed by atoms with Crippen molar-refractivity contribution in [3.8, 4) is 5.75 Å². The lowest BCUT2D eigenvalue weighted by atomic mass is 10.1. The van der Waals surface area contributed by atoms with Gasteiger partial charge < -0.3 is 4.74 Å². The van der Waals surface area contributed by atoms with Gasteiger partial charge in [0.25, 0.3) is 0 Å². The molecular formula is C10H11Br2FO. The van der Waals surface area contributed by atoms with Gasteiger partial charge in [0.15, 0.2) is 0 Å². The number of hydrogen-bond donors (Lipinski definition) is 0. The van der Waals surface area contributed by atoms with E-state index < -0.39 is 6.67 Å². The summed E-state index contributed by atoms with van der Waals surface area (Å²) in [6.07, 6.45) is 0. The van der Waals surface area contributed by atoms with E-state index >= 15 is 0 Å². The van der Waals surface area contributed by atoms with Gasteiger partial charge in [-0.3, -0.25) is 0 Å². The van der Waals surface area contributed by atoms with Crippen molar-refractivity contribution in [1.29, 1.82) is 0 Å². The highest BCUT2D eigenvalue weighted by Crippen LogP contribution is 2.29.